The van der Waals surface area contributed by atoms with Gasteiger partial charge in [0.2, 0.25) is 0 Å². The molecule has 0 aromatic heterocycles. The monoisotopic (exact) mass is 357 g/mol. The van der Waals surface area contributed by atoms with Crippen LogP contribution in [0.1, 0.15) is 31.1 Å². The van der Waals surface area contributed by atoms with Crippen LogP contribution in [0.2, 0.25) is 0 Å². The molecule has 0 fully saturated rings. The third-order valence-electron chi connectivity index (χ3n) is 3.48. The number of methoxy groups -OCH3 is 1. The molecular formula is C20H23NO5. The van der Waals surface area contributed by atoms with Crippen LogP contribution in [0.4, 0.5) is 5.69 Å². The summed E-state index contributed by atoms with van der Waals surface area (Å²) in [4.78, 5) is 24.5. The van der Waals surface area contributed by atoms with Crippen molar-refractivity contribution < 1.29 is 23.8 Å². The van der Waals surface area contributed by atoms with E-state index in [2.05, 4.69) is 5.32 Å². The molecule has 138 valence electrons. The predicted octanol–water partition coefficient (Wildman–Crippen LogP) is 3.67. The lowest BCUT2D eigenvalue weighted by Gasteiger charge is -2.15. The second-order valence-corrected chi connectivity index (χ2v) is 5.93. The van der Waals surface area contributed by atoms with Crippen LogP contribution in [-0.4, -0.2) is 31.2 Å². The number of para-hydroxylation sites is 2. The van der Waals surface area contributed by atoms with Gasteiger partial charge in [0.25, 0.3) is 5.91 Å². The van der Waals surface area contributed by atoms with Gasteiger partial charge in [0.1, 0.15) is 11.5 Å². The minimum atomic E-state index is -0.959. The number of benzene rings is 2. The molecule has 0 heterocycles. The zero-order valence-electron chi connectivity index (χ0n) is 15.3. The van der Waals surface area contributed by atoms with Crippen molar-refractivity contribution in [1.29, 1.82) is 0 Å². The average molecular weight is 357 g/mol. The van der Waals surface area contributed by atoms with Crippen molar-refractivity contribution in [2.75, 3.05) is 12.4 Å². The summed E-state index contributed by atoms with van der Waals surface area (Å²) in [5, 5.41) is 2.69. The Morgan fingerprint density at radius 2 is 1.62 bits per heavy atom. The highest BCUT2D eigenvalue weighted by Gasteiger charge is 2.20. The maximum atomic E-state index is 12.3. The van der Waals surface area contributed by atoms with Gasteiger partial charge in [0, 0.05) is 0 Å². The predicted molar refractivity (Wildman–Crippen MR) is 98.7 cm³/mol. The van der Waals surface area contributed by atoms with Gasteiger partial charge in [-0.3, -0.25) is 4.79 Å². The second kappa shape index (κ2) is 8.89. The van der Waals surface area contributed by atoms with Gasteiger partial charge in [-0.25, -0.2) is 4.79 Å². The van der Waals surface area contributed by atoms with Crippen LogP contribution in [0.5, 0.6) is 11.5 Å². The molecule has 2 aromatic carbocycles. The second-order valence-electron chi connectivity index (χ2n) is 5.93. The molecule has 0 aliphatic heterocycles. The Hall–Kier alpha value is -3.02. The smallest absolute Gasteiger partial charge is 0.338 e. The Bertz CT molecular complexity index is 755. The van der Waals surface area contributed by atoms with Crippen LogP contribution in [0.25, 0.3) is 0 Å². The lowest BCUT2D eigenvalue weighted by atomic mass is 10.2. The molecule has 1 atom stereocenters. The Kier molecular flexibility index (Phi) is 6.60. The first-order chi connectivity index (χ1) is 12.4. The normalized spacial score (nSPS) is 11.6. The summed E-state index contributed by atoms with van der Waals surface area (Å²) in [5.74, 6) is 0.171. The largest absolute Gasteiger partial charge is 0.495 e. The first-order valence-corrected chi connectivity index (χ1v) is 8.32. The fourth-order valence-electron chi connectivity index (χ4n) is 2.21. The van der Waals surface area contributed by atoms with Gasteiger partial charge >= 0.3 is 5.97 Å². The number of hydrogen-bond acceptors (Lipinski definition) is 5. The highest BCUT2D eigenvalue weighted by Crippen LogP contribution is 2.23. The zero-order chi connectivity index (χ0) is 19.1. The SMILES string of the molecule is COc1ccccc1NC(=O)[C@H](C)OC(=O)c1ccc(OC(C)C)cc1. The molecule has 0 saturated carbocycles. The van der Waals surface area contributed by atoms with Crippen molar-refractivity contribution in [2.45, 2.75) is 33.0 Å². The number of nitrogens with one attached hydrogen (secondary N) is 1. The molecular weight excluding hydrogens is 334 g/mol. The minimum Gasteiger partial charge on any atom is -0.495 e. The van der Waals surface area contributed by atoms with E-state index >= 15 is 0 Å². The van der Waals surface area contributed by atoms with E-state index in [0.29, 0.717) is 22.7 Å². The summed E-state index contributed by atoms with van der Waals surface area (Å²) in [6, 6.07) is 13.6. The molecule has 2 rings (SSSR count). The molecule has 6 nitrogen and oxygen atoms in total. The van der Waals surface area contributed by atoms with Gasteiger partial charge < -0.3 is 19.5 Å². The van der Waals surface area contributed by atoms with Crippen LogP contribution in [-0.2, 0) is 9.53 Å². The first-order valence-electron chi connectivity index (χ1n) is 8.32. The fraction of sp³-hybridized carbons (Fsp3) is 0.300. The first kappa shape index (κ1) is 19.3. The minimum absolute atomic E-state index is 0.0477. The number of esters is 1. The third kappa shape index (κ3) is 5.24. The van der Waals surface area contributed by atoms with Gasteiger partial charge in [-0.05, 0) is 57.2 Å². The van der Waals surface area contributed by atoms with Crippen molar-refractivity contribution in [3.05, 3.63) is 54.1 Å². The Morgan fingerprint density at radius 1 is 0.962 bits per heavy atom. The number of rotatable bonds is 7. The van der Waals surface area contributed by atoms with Gasteiger partial charge in [-0.15, -0.1) is 0 Å². The average Bonchev–Trinajstić information content (AvgIpc) is 2.62. The Labute approximate surface area is 153 Å². The van der Waals surface area contributed by atoms with E-state index in [9.17, 15) is 9.59 Å². The molecule has 0 bridgehead atoms. The van der Waals surface area contributed by atoms with E-state index in [0.717, 1.165) is 0 Å². The maximum Gasteiger partial charge on any atom is 0.338 e. The Balaban J connectivity index is 1.96. The summed E-state index contributed by atoms with van der Waals surface area (Å²) in [6.45, 7) is 5.35. The van der Waals surface area contributed by atoms with Crippen molar-refractivity contribution in [2.24, 2.45) is 0 Å². The maximum absolute atomic E-state index is 12.3. The Morgan fingerprint density at radius 3 is 2.23 bits per heavy atom. The van der Waals surface area contributed by atoms with Crippen LogP contribution in [0.3, 0.4) is 0 Å². The van der Waals surface area contributed by atoms with Crippen molar-refractivity contribution in [3.8, 4) is 11.5 Å². The summed E-state index contributed by atoms with van der Waals surface area (Å²) in [6.07, 6.45) is -0.912. The summed E-state index contributed by atoms with van der Waals surface area (Å²) >= 11 is 0. The van der Waals surface area contributed by atoms with E-state index in [1.807, 2.05) is 13.8 Å². The molecule has 0 radical (unpaired) electrons. The fourth-order valence-corrected chi connectivity index (χ4v) is 2.21. The van der Waals surface area contributed by atoms with Gasteiger partial charge in [0.05, 0.1) is 24.5 Å². The van der Waals surface area contributed by atoms with E-state index in [4.69, 9.17) is 14.2 Å². The summed E-state index contributed by atoms with van der Waals surface area (Å²) in [5.41, 5.74) is 0.858. The molecule has 26 heavy (non-hydrogen) atoms. The van der Waals surface area contributed by atoms with E-state index < -0.39 is 18.0 Å². The van der Waals surface area contributed by atoms with Gasteiger partial charge in [-0.1, -0.05) is 12.1 Å². The number of carbonyl (C=O) groups excluding carboxylic acids is 2. The molecule has 0 spiro atoms. The summed E-state index contributed by atoms with van der Waals surface area (Å²) < 4.78 is 15.9. The third-order valence-corrected chi connectivity index (χ3v) is 3.48. The molecule has 1 amide bonds. The van der Waals surface area contributed by atoms with Crippen molar-refractivity contribution in [1.82, 2.24) is 0 Å². The highest BCUT2D eigenvalue weighted by atomic mass is 16.5. The highest BCUT2D eigenvalue weighted by molar-refractivity contribution is 5.98. The molecule has 1 N–H and O–H groups in total. The number of anilines is 1. The topological polar surface area (TPSA) is 73.9 Å². The lowest BCUT2D eigenvalue weighted by Crippen LogP contribution is -2.30. The van der Waals surface area contributed by atoms with Gasteiger partial charge in [0.15, 0.2) is 6.10 Å². The summed E-state index contributed by atoms with van der Waals surface area (Å²) in [7, 11) is 1.51. The number of amides is 1. The zero-order valence-corrected chi connectivity index (χ0v) is 15.3. The number of ether oxygens (including phenoxy) is 3. The van der Waals surface area contributed by atoms with Crippen molar-refractivity contribution in [3.63, 3.8) is 0 Å². The molecule has 2 aromatic rings. The molecule has 0 unspecified atom stereocenters. The van der Waals surface area contributed by atoms with E-state index in [-0.39, 0.29) is 6.10 Å². The molecule has 0 saturated heterocycles. The quantitative estimate of drug-likeness (QED) is 0.766. The van der Waals surface area contributed by atoms with E-state index in [1.165, 1.54) is 14.0 Å². The molecule has 6 heteroatoms. The van der Waals surface area contributed by atoms with Crippen molar-refractivity contribution >= 4 is 17.6 Å². The van der Waals surface area contributed by atoms with Gasteiger partial charge in [-0.2, -0.15) is 0 Å². The van der Waals surface area contributed by atoms with Crippen LogP contribution < -0.4 is 14.8 Å². The molecule has 0 aliphatic rings. The van der Waals surface area contributed by atoms with Crippen LogP contribution in [0.15, 0.2) is 48.5 Å². The number of hydrogen-bond donors (Lipinski definition) is 1. The number of carbonyl (C=O) groups is 2. The van der Waals surface area contributed by atoms with Crippen LogP contribution in [0, 0.1) is 0 Å². The molecule has 0 aliphatic carbocycles. The standard InChI is InChI=1S/C20H23NO5/c1-13(2)25-16-11-9-15(10-12-16)20(23)26-14(3)19(22)21-17-7-5-6-8-18(17)24-4/h5-14H,1-4H3,(H,21,22)/t14-/m0/s1. The van der Waals surface area contributed by atoms with Crippen LogP contribution >= 0.6 is 0 Å². The lowest BCUT2D eigenvalue weighted by molar-refractivity contribution is -0.123. The van der Waals surface area contributed by atoms with E-state index in [1.54, 1.807) is 48.5 Å².